The largest absolute Gasteiger partial charge is 0.393 e. The second kappa shape index (κ2) is 8.89. The fourth-order valence-corrected chi connectivity index (χ4v) is 3.95. The lowest BCUT2D eigenvalue weighted by Crippen LogP contribution is -2.39. The number of nitrogens with one attached hydrogen (secondary N) is 2. The highest BCUT2D eigenvalue weighted by Gasteiger charge is 2.22. The van der Waals surface area contributed by atoms with Crippen molar-refractivity contribution in [3.8, 4) is 0 Å². The van der Waals surface area contributed by atoms with E-state index in [4.69, 9.17) is 9.82 Å². The zero-order chi connectivity index (χ0) is 22.0. The summed E-state index contributed by atoms with van der Waals surface area (Å²) in [5.41, 5.74) is -0.0695. The first-order valence-corrected chi connectivity index (χ1v) is 10.6. The lowest BCUT2D eigenvalue weighted by atomic mass is 9.93. The minimum absolute atomic E-state index is 0.0467. The second-order valence-electron chi connectivity index (χ2n) is 8.20. The van der Waals surface area contributed by atoms with Crippen molar-refractivity contribution in [3.63, 3.8) is 0 Å². The molecule has 1 fully saturated rings. The first-order chi connectivity index (χ1) is 14.9. The van der Waals surface area contributed by atoms with Gasteiger partial charge >= 0.3 is 0 Å². The number of hydrogen-bond donors (Lipinski definition) is 3. The van der Waals surface area contributed by atoms with Crippen molar-refractivity contribution >= 4 is 28.2 Å². The average Bonchev–Trinajstić information content (AvgIpc) is 2.75. The van der Waals surface area contributed by atoms with Gasteiger partial charge in [0.2, 0.25) is 12.0 Å². The summed E-state index contributed by atoms with van der Waals surface area (Å²) in [6.07, 6.45) is 9.76. The van der Waals surface area contributed by atoms with Crippen LogP contribution >= 0.6 is 0 Å². The highest BCUT2D eigenvalue weighted by atomic mass is 16.6. The van der Waals surface area contributed by atoms with Crippen LogP contribution in [-0.2, 0) is 0 Å². The van der Waals surface area contributed by atoms with E-state index in [1.165, 1.54) is 4.73 Å². The monoisotopic (exact) mass is 425 g/mol. The molecule has 0 unspecified atom stereocenters. The minimum atomic E-state index is -0.245. The molecular formula is C22H29N6O3+. The lowest BCUT2D eigenvalue weighted by Gasteiger charge is -2.27. The SMILES string of the molecule is CO[n+]1ccnc(Nc2cc3ccn(C(C)C)c(=O)c3c(NC3CCC(O)CC3)n2)c1. The minimum Gasteiger partial charge on any atom is -0.393 e. The van der Waals surface area contributed by atoms with Gasteiger partial charge in [0.25, 0.3) is 11.8 Å². The van der Waals surface area contributed by atoms with Crippen molar-refractivity contribution in [1.29, 1.82) is 0 Å². The third-order valence-corrected chi connectivity index (χ3v) is 5.65. The van der Waals surface area contributed by atoms with E-state index in [9.17, 15) is 9.90 Å². The van der Waals surface area contributed by atoms with Crippen molar-refractivity contribution in [2.45, 2.75) is 57.7 Å². The average molecular weight is 426 g/mol. The van der Waals surface area contributed by atoms with Gasteiger partial charge in [-0.1, -0.05) is 0 Å². The van der Waals surface area contributed by atoms with E-state index < -0.39 is 0 Å². The molecule has 164 valence electrons. The maximum atomic E-state index is 13.2. The highest BCUT2D eigenvalue weighted by molar-refractivity contribution is 5.93. The zero-order valence-corrected chi connectivity index (χ0v) is 18.1. The molecule has 0 atom stereocenters. The Morgan fingerprint density at radius 1 is 1.26 bits per heavy atom. The van der Waals surface area contributed by atoms with E-state index in [0.29, 0.717) is 22.8 Å². The van der Waals surface area contributed by atoms with Crippen LogP contribution in [0.15, 0.2) is 41.7 Å². The third-order valence-electron chi connectivity index (χ3n) is 5.65. The molecule has 3 aromatic heterocycles. The third kappa shape index (κ3) is 4.61. The van der Waals surface area contributed by atoms with Gasteiger partial charge in [-0.25, -0.2) is 9.97 Å². The van der Waals surface area contributed by atoms with Crippen LogP contribution < -0.4 is 25.8 Å². The van der Waals surface area contributed by atoms with Crippen LogP contribution in [0.3, 0.4) is 0 Å². The van der Waals surface area contributed by atoms with Crippen LogP contribution in [0.5, 0.6) is 0 Å². The molecule has 1 saturated carbocycles. The zero-order valence-electron chi connectivity index (χ0n) is 18.1. The Hall–Kier alpha value is -3.20. The summed E-state index contributed by atoms with van der Waals surface area (Å²) in [6, 6.07) is 3.99. The molecule has 31 heavy (non-hydrogen) atoms. The van der Waals surface area contributed by atoms with Gasteiger partial charge in [-0.2, -0.15) is 0 Å². The van der Waals surface area contributed by atoms with E-state index in [0.717, 1.165) is 31.1 Å². The van der Waals surface area contributed by atoms with Gasteiger partial charge in [0, 0.05) is 23.0 Å². The number of nitrogens with zero attached hydrogens (tertiary/aromatic N) is 4. The van der Waals surface area contributed by atoms with E-state index >= 15 is 0 Å². The Kier molecular flexibility index (Phi) is 6.03. The Morgan fingerprint density at radius 3 is 2.74 bits per heavy atom. The highest BCUT2D eigenvalue weighted by Crippen LogP contribution is 2.27. The van der Waals surface area contributed by atoms with Gasteiger partial charge in [-0.3, -0.25) is 9.63 Å². The van der Waals surface area contributed by atoms with E-state index in [1.807, 2.05) is 32.2 Å². The number of fused-ring (bicyclic) bond motifs is 1. The topological polar surface area (TPSA) is 105 Å². The van der Waals surface area contributed by atoms with Gasteiger partial charge in [0.15, 0.2) is 0 Å². The predicted molar refractivity (Wildman–Crippen MR) is 118 cm³/mol. The Balaban J connectivity index is 1.76. The summed E-state index contributed by atoms with van der Waals surface area (Å²) in [4.78, 5) is 27.5. The van der Waals surface area contributed by atoms with Crippen LogP contribution in [0.2, 0.25) is 0 Å². The molecule has 0 radical (unpaired) electrons. The Bertz CT molecular complexity index is 1120. The van der Waals surface area contributed by atoms with Crippen molar-refractivity contribution in [2.75, 3.05) is 17.7 Å². The summed E-state index contributed by atoms with van der Waals surface area (Å²) in [5.74, 6) is 1.70. The van der Waals surface area contributed by atoms with Crippen LogP contribution in [0, 0.1) is 0 Å². The molecule has 0 saturated heterocycles. The van der Waals surface area contributed by atoms with Crippen LogP contribution in [-0.4, -0.2) is 38.9 Å². The molecule has 0 spiro atoms. The molecule has 4 rings (SSSR count). The molecule has 3 heterocycles. The van der Waals surface area contributed by atoms with Gasteiger partial charge in [0.1, 0.15) is 18.7 Å². The molecular weight excluding hydrogens is 396 g/mol. The predicted octanol–water partition coefficient (Wildman–Crippen LogP) is 2.18. The molecule has 0 aliphatic heterocycles. The first kappa shape index (κ1) is 21.0. The summed E-state index contributed by atoms with van der Waals surface area (Å²) >= 11 is 0. The van der Waals surface area contributed by atoms with Crippen molar-refractivity contribution in [3.05, 3.63) is 47.3 Å². The number of aromatic nitrogens is 4. The number of aliphatic hydroxyl groups excluding tert-OH is 1. The standard InChI is InChI=1S/C22H28N6O3/c1-14(2)28-10-8-15-12-18(25-19-13-27(31-3)11-9-23-19)26-21(20(15)22(28)30)24-16-4-6-17(29)7-5-16/h8-14,16-17,29H,4-7H2,1-3H3,(H-,23,24,25,26,30)/p+1. The number of pyridine rings is 2. The van der Waals surface area contributed by atoms with E-state index in [-0.39, 0.29) is 23.7 Å². The Morgan fingerprint density at radius 2 is 2.03 bits per heavy atom. The molecule has 1 aliphatic carbocycles. The van der Waals surface area contributed by atoms with Gasteiger partial charge in [0.05, 0.1) is 17.7 Å². The fourth-order valence-electron chi connectivity index (χ4n) is 3.95. The summed E-state index contributed by atoms with van der Waals surface area (Å²) in [5, 5.41) is 17.9. The van der Waals surface area contributed by atoms with Gasteiger partial charge < -0.3 is 20.3 Å². The van der Waals surface area contributed by atoms with Crippen molar-refractivity contribution in [2.24, 2.45) is 0 Å². The molecule has 3 aromatic rings. The van der Waals surface area contributed by atoms with Gasteiger partial charge in [-0.15, -0.1) is 0 Å². The first-order valence-electron chi connectivity index (χ1n) is 10.6. The number of anilines is 3. The second-order valence-corrected chi connectivity index (χ2v) is 8.20. The molecule has 0 aromatic carbocycles. The summed E-state index contributed by atoms with van der Waals surface area (Å²) in [7, 11) is 1.57. The fraction of sp³-hybridized carbons (Fsp3) is 0.455. The molecule has 9 heteroatoms. The molecule has 9 nitrogen and oxygen atoms in total. The summed E-state index contributed by atoms with van der Waals surface area (Å²) < 4.78 is 3.25. The molecule has 3 N–H and O–H groups in total. The Labute approximate surface area is 180 Å². The van der Waals surface area contributed by atoms with Crippen molar-refractivity contribution in [1.82, 2.24) is 14.5 Å². The summed E-state index contributed by atoms with van der Waals surface area (Å²) in [6.45, 7) is 3.97. The molecule has 0 bridgehead atoms. The van der Waals surface area contributed by atoms with Crippen LogP contribution in [0.25, 0.3) is 10.8 Å². The number of aliphatic hydroxyl groups is 1. The smallest absolute Gasteiger partial charge is 0.264 e. The normalized spacial score (nSPS) is 18.9. The maximum Gasteiger partial charge on any atom is 0.264 e. The van der Waals surface area contributed by atoms with E-state index in [1.54, 1.807) is 30.3 Å². The lowest BCUT2D eigenvalue weighted by molar-refractivity contribution is -0.885. The van der Waals surface area contributed by atoms with E-state index in [2.05, 4.69) is 15.6 Å². The maximum absolute atomic E-state index is 13.2. The van der Waals surface area contributed by atoms with Gasteiger partial charge in [-0.05, 0) is 57.0 Å². The van der Waals surface area contributed by atoms with Crippen LogP contribution in [0.1, 0.15) is 45.6 Å². The molecule has 1 aliphatic rings. The van der Waals surface area contributed by atoms with Crippen LogP contribution in [0.4, 0.5) is 17.5 Å². The molecule has 0 amide bonds. The number of hydrogen-bond acceptors (Lipinski definition) is 7. The quantitative estimate of drug-likeness (QED) is 0.520. The van der Waals surface area contributed by atoms with Crippen molar-refractivity contribution < 1.29 is 14.7 Å². The number of rotatable bonds is 6.